The summed E-state index contributed by atoms with van der Waals surface area (Å²) in [6.45, 7) is 0. The van der Waals surface area contributed by atoms with Crippen LogP contribution in [-0.2, 0) is 6.18 Å². The number of methoxy groups -OCH3 is 1. The van der Waals surface area contributed by atoms with Crippen molar-refractivity contribution in [2.75, 3.05) is 7.11 Å². The van der Waals surface area contributed by atoms with Crippen molar-refractivity contribution in [3.8, 4) is 5.75 Å². The Balaban J connectivity index is 3.21. The van der Waals surface area contributed by atoms with E-state index in [2.05, 4.69) is 0 Å². The number of aldehydes is 1. The summed E-state index contributed by atoms with van der Waals surface area (Å²) < 4.78 is 41.3. The first-order chi connectivity index (χ1) is 6.49. The zero-order valence-corrected chi connectivity index (χ0v) is 7.26. The largest absolute Gasteiger partial charge is 0.496 e. The predicted molar refractivity (Wildman–Crippen MR) is 43.4 cm³/mol. The van der Waals surface area contributed by atoms with Crippen LogP contribution in [0.4, 0.5) is 13.2 Å². The average molecular weight is 204 g/mol. The Bertz CT molecular complexity index is 344. The van der Waals surface area contributed by atoms with E-state index in [1.54, 1.807) is 0 Å². The van der Waals surface area contributed by atoms with E-state index in [0.717, 1.165) is 18.2 Å². The predicted octanol–water partition coefficient (Wildman–Crippen LogP) is 2.53. The molecule has 0 bridgehead atoms. The fourth-order valence-corrected chi connectivity index (χ4v) is 1.00. The third-order valence-corrected chi connectivity index (χ3v) is 1.68. The van der Waals surface area contributed by atoms with Crippen LogP contribution < -0.4 is 4.74 Å². The van der Waals surface area contributed by atoms with Crippen LogP contribution in [0, 0.1) is 0 Å². The van der Waals surface area contributed by atoms with E-state index < -0.39 is 11.7 Å². The fourth-order valence-electron chi connectivity index (χ4n) is 1.00. The van der Waals surface area contributed by atoms with Crippen molar-refractivity contribution in [2.24, 2.45) is 0 Å². The summed E-state index contributed by atoms with van der Waals surface area (Å²) >= 11 is 0. The van der Waals surface area contributed by atoms with Crippen molar-refractivity contribution in [2.45, 2.75) is 6.18 Å². The molecule has 0 aliphatic rings. The Kier molecular flexibility index (Phi) is 2.78. The van der Waals surface area contributed by atoms with E-state index in [4.69, 9.17) is 4.74 Å². The summed E-state index contributed by atoms with van der Waals surface area (Å²) in [6, 6.07) is 2.74. The monoisotopic (exact) mass is 204 g/mol. The highest BCUT2D eigenvalue weighted by Crippen LogP contribution is 2.31. The van der Waals surface area contributed by atoms with Gasteiger partial charge >= 0.3 is 6.18 Å². The molecule has 0 amide bonds. The Hall–Kier alpha value is -1.52. The number of hydrogen-bond donors (Lipinski definition) is 0. The van der Waals surface area contributed by atoms with Gasteiger partial charge in [-0.05, 0) is 18.2 Å². The smallest absolute Gasteiger partial charge is 0.416 e. The van der Waals surface area contributed by atoms with Crippen molar-refractivity contribution in [3.05, 3.63) is 29.3 Å². The summed E-state index contributed by atoms with van der Waals surface area (Å²) in [5.41, 5.74) is -0.970. The van der Waals surface area contributed by atoms with Crippen LogP contribution in [-0.4, -0.2) is 13.4 Å². The van der Waals surface area contributed by atoms with E-state index in [1.807, 2.05) is 0 Å². The molecule has 5 heteroatoms. The number of carbonyl (C=O) groups is 1. The molecule has 1 aromatic rings. The first-order valence-corrected chi connectivity index (χ1v) is 3.69. The molecular formula is C9H7F3O2. The minimum Gasteiger partial charge on any atom is -0.496 e. The maximum atomic E-state index is 12.2. The number of alkyl halides is 3. The highest BCUT2D eigenvalue weighted by molar-refractivity contribution is 5.79. The van der Waals surface area contributed by atoms with Gasteiger partial charge in [-0.15, -0.1) is 0 Å². The Labute approximate surface area is 78.3 Å². The van der Waals surface area contributed by atoms with E-state index in [0.29, 0.717) is 6.29 Å². The SMILES string of the molecule is COc1ccc(C(F)(F)F)cc1C=O. The number of halogens is 3. The molecule has 0 heterocycles. The first-order valence-electron chi connectivity index (χ1n) is 3.69. The second-order valence-corrected chi connectivity index (χ2v) is 2.57. The molecule has 0 radical (unpaired) electrons. The van der Waals surface area contributed by atoms with Gasteiger partial charge in [0.15, 0.2) is 6.29 Å². The van der Waals surface area contributed by atoms with Gasteiger partial charge in [0.1, 0.15) is 5.75 Å². The minimum absolute atomic E-state index is 0.109. The number of rotatable bonds is 2. The van der Waals surface area contributed by atoms with Crippen molar-refractivity contribution >= 4 is 6.29 Å². The van der Waals surface area contributed by atoms with Crippen molar-refractivity contribution < 1.29 is 22.7 Å². The molecule has 0 unspecified atom stereocenters. The summed E-state index contributed by atoms with van der Waals surface area (Å²) in [7, 11) is 1.29. The molecule has 0 saturated heterocycles. The number of carbonyl (C=O) groups excluding carboxylic acids is 1. The van der Waals surface area contributed by atoms with Crippen LogP contribution in [0.1, 0.15) is 15.9 Å². The normalized spacial score (nSPS) is 11.1. The Morgan fingerprint density at radius 2 is 2.00 bits per heavy atom. The van der Waals surface area contributed by atoms with E-state index >= 15 is 0 Å². The molecule has 2 nitrogen and oxygen atoms in total. The van der Waals surface area contributed by atoms with Crippen LogP contribution in [0.2, 0.25) is 0 Å². The number of ether oxygens (including phenoxy) is 1. The number of hydrogen-bond acceptors (Lipinski definition) is 2. The maximum Gasteiger partial charge on any atom is 0.416 e. The molecule has 0 N–H and O–H groups in total. The zero-order valence-electron chi connectivity index (χ0n) is 7.26. The van der Waals surface area contributed by atoms with E-state index in [-0.39, 0.29) is 11.3 Å². The lowest BCUT2D eigenvalue weighted by Gasteiger charge is -2.09. The van der Waals surface area contributed by atoms with E-state index in [9.17, 15) is 18.0 Å². The highest BCUT2D eigenvalue weighted by Gasteiger charge is 2.31. The van der Waals surface area contributed by atoms with Gasteiger partial charge in [-0.3, -0.25) is 4.79 Å². The fraction of sp³-hybridized carbons (Fsp3) is 0.222. The molecular weight excluding hydrogens is 197 g/mol. The molecule has 0 aliphatic heterocycles. The lowest BCUT2D eigenvalue weighted by atomic mass is 10.1. The zero-order chi connectivity index (χ0) is 10.8. The first kappa shape index (κ1) is 10.6. The summed E-state index contributed by atoms with van der Waals surface area (Å²) in [5, 5.41) is 0. The molecule has 0 spiro atoms. The van der Waals surface area contributed by atoms with Gasteiger partial charge < -0.3 is 4.74 Å². The Morgan fingerprint density at radius 3 is 2.43 bits per heavy atom. The van der Waals surface area contributed by atoms with Gasteiger partial charge in [0.05, 0.1) is 18.2 Å². The lowest BCUT2D eigenvalue weighted by molar-refractivity contribution is -0.137. The standard InChI is InChI=1S/C9H7F3O2/c1-14-8-3-2-7(9(10,11)12)4-6(8)5-13/h2-5H,1H3. The van der Waals surface area contributed by atoms with Gasteiger partial charge in [0, 0.05) is 0 Å². The second kappa shape index (κ2) is 3.69. The molecule has 0 aliphatic carbocycles. The van der Waals surface area contributed by atoms with Gasteiger partial charge in [0.2, 0.25) is 0 Å². The summed E-state index contributed by atoms with van der Waals surface area (Å²) in [5.74, 6) is 0.132. The van der Waals surface area contributed by atoms with E-state index in [1.165, 1.54) is 7.11 Å². The highest BCUT2D eigenvalue weighted by atomic mass is 19.4. The molecule has 14 heavy (non-hydrogen) atoms. The minimum atomic E-state index is -4.44. The number of benzene rings is 1. The van der Waals surface area contributed by atoms with Gasteiger partial charge in [-0.2, -0.15) is 13.2 Å². The van der Waals surface area contributed by atoms with Gasteiger partial charge in [-0.1, -0.05) is 0 Å². The molecule has 1 aromatic carbocycles. The molecule has 0 aromatic heterocycles. The van der Waals surface area contributed by atoms with Gasteiger partial charge in [0.25, 0.3) is 0 Å². The quantitative estimate of drug-likeness (QED) is 0.692. The molecule has 1 rings (SSSR count). The van der Waals surface area contributed by atoms with Crippen molar-refractivity contribution in [1.29, 1.82) is 0 Å². The lowest BCUT2D eigenvalue weighted by Crippen LogP contribution is -2.05. The molecule has 0 atom stereocenters. The second-order valence-electron chi connectivity index (χ2n) is 2.57. The van der Waals surface area contributed by atoms with Crippen LogP contribution >= 0.6 is 0 Å². The molecule has 76 valence electrons. The van der Waals surface area contributed by atoms with Crippen LogP contribution in [0.15, 0.2) is 18.2 Å². The van der Waals surface area contributed by atoms with Crippen molar-refractivity contribution in [1.82, 2.24) is 0 Å². The van der Waals surface area contributed by atoms with Crippen LogP contribution in [0.25, 0.3) is 0 Å². The Morgan fingerprint density at radius 1 is 1.36 bits per heavy atom. The van der Waals surface area contributed by atoms with Crippen LogP contribution in [0.5, 0.6) is 5.75 Å². The van der Waals surface area contributed by atoms with Crippen molar-refractivity contribution in [3.63, 3.8) is 0 Å². The van der Waals surface area contributed by atoms with Crippen LogP contribution in [0.3, 0.4) is 0 Å². The third kappa shape index (κ3) is 2.04. The molecule has 0 saturated carbocycles. The third-order valence-electron chi connectivity index (χ3n) is 1.68. The summed E-state index contributed by atoms with van der Waals surface area (Å²) in [6.07, 6.45) is -4.11. The topological polar surface area (TPSA) is 26.3 Å². The summed E-state index contributed by atoms with van der Waals surface area (Å²) in [4.78, 5) is 10.4. The maximum absolute atomic E-state index is 12.2. The molecule has 0 fully saturated rings. The average Bonchev–Trinajstić information content (AvgIpc) is 2.15. The van der Waals surface area contributed by atoms with Gasteiger partial charge in [-0.25, -0.2) is 0 Å².